The van der Waals surface area contributed by atoms with E-state index in [-0.39, 0.29) is 18.9 Å². The minimum atomic E-state index is -0.527. The Morgan fingerprint density at radius 3 is 2.29 bits per heavy atom. The van der Waals surface area contributed by atoms with Gasteiger partial charge in [-0.15, -0.1) is 0 Å². The molecular formula is C20H22N4O3S. The molecule has 0 saturated heterocycles. The maximum absolute atomic E-state index is 11.8. The fourth-order valence-electron chi connectivity index (χ4n) is 2.52. The molecule has 146 valence electrons. The Bertz CT molecular complexity index is 851. The van der Waals surface area contributed by atoms with Crippen LogP contribution in [0.25, 0.3) is 0 Å². The van der Waals surface area contributed by atoms with Gasteiger partial charge in [-0.3, -0.25) is 14.6 Å². The Hall–Kier alpha value is -3.00. The van der Waals surface area contributed by atoms with Gasteiger partial charge in [0.25, 0.3) is 0 Å². The number of hydrogen-bond acceptors (Lipinski definition) is 7. The Morgan fingerprint density at radius 2 is 1.71 bits per heavy atom. The third-order valence-corrected chi connectivity index (χ3v) is 4.79. The highest BCUT2D eigenvalue weighted by atomic mass is 32.2. The van der Waals surface area contributed by atoms with Crippen molar-refractivity contribution in [3.05, 3.63) is 48.5 Å². The van der Waals surface area contributed by atoms with E-state index in [1.54, 1.807) is 18.7 Å². The van der Waals surface area contributed by atoms with E-state index in [0.29, 0.717) is 5.69 Å². The number of hydrogen-bond donors (Lipinski definition) is 3. The summed E-state index contributed by atoms with van der Waals surface area (Å²) in [5.41, 5.74) is 1.63. The van der Waals surface area contributed by atoms with Gasteiger partial charge in [0, 0.05) is 27.7 Å². The summed E-state index contributed by atoms with van der Waals surface area (Å²) in [4.78, 5) is 29.6. The van der Waals surface area contributed by atoms with Gasteiger partial charge in [-0.2, -0.15) is 0 Å². The largest absolute Gasteiger partial charge is 0.466 e. The van der Waals surface area contributed by atoms with Crippen LogP contribution in [0, 0.1) is 0 Å². The van der Waals surface area contributed by atoms with Gasteiger partial charge in [-0.1, -0.05) is 11.8 Å². The number of nitrogens with zero attached hydrogens (tertiary/aromatic N) is 1. The van der Waals surface area contributed by atoms with E-state index in [9.17, 15) is 9.59 Å². The summed E-state index contributed by atoms with van der Waals surface area (Å²) >= 11 is 1.62. The van der Waals surface area contributed by atoms with Gasteiger partial charge in [0.1, 0.15) is 6.42 Å². The van der Waals surface area contributed by atoms with E-state index >= 15 is 0 Å². The summed E-state index contributed by atoms with van der Waals surface area (Å²) < 4.78 is 4.76. The molecule has 0 aromatic heterocycles. The molecule has 2 aromatic rings. The molecule has 28 heavy (non-hydrogen) atoms. The Morgan fingerprint density at radius 1 is 1.07 bits per heavy atom. The second-order valence-electron chi connectivity index (χ2n) is 5.96. The summed E-state index contributed by atoms with van der Waals surface area (Å²) in [6.45, 7) is 3.64. The molecule has 0 saturated carbocycles. The Labute approximate surface area is 168 Å². The van der Waals surface area contributed by atoms with Gasteiger partial charge in [0.05, 0.1) is 13.2 Å². The van der Waals surface area contributed by atoms with Crippen molar-refractivity contribution in [2.75, 3.05) is 30.3 Å². The quantitative estimate of drug-likeness (QED) is 0.490. The molecule has 0 atom stereocenters. The lowest BCUT2D eigenvalue weighted by Gasteiger charge is -2.08. The molecule has 1 aliphatic rings. The number of carbonyl (C=O) groups excluding carboxylic acids is 2. The van der Waals surface area contributed by atoms with Crippen LogP contribution in [0.1, 0.15) is 13.3 Å². The first-order chi connectivity index (χ1) is 13.6. The van der Waals surface area contributed by atoms with Crippen LogP contribution in [-0.2, 0) is 14.3 Å². The zero-order valence-corrected chi connectivity index (χ0v) is 16.3. The minimum absolute atomic E-state index is 0.265. The van der Waals surface area contributed by atoms with Crippen molar-refractivity contribution in [1.82, 2.24) is 5.32 Å². The first kappa shape index (κ1) is 19.8. The van der Waals surface area contributed by atoms with Crippen molar-refractivity contribution < 1.29 is 14.3 Å². The zero-order valence-electron chi connectivity index (χ0n) is 15.5. The van der Waals surface area contributed by atoms with Crippen LogP contribution >= 0.6 is 11.8 Å². The number of carbonyl (C=O) groups is 2. The normalized spacial score (nSPS) is 12.7. The third-order valence-electron chi connectivity index (χ3n) is 3.78. The lowest BCUT2D eigenvalue weighted by atomic mass is 10.3. The second kappa shape index (κ2) is 9.80. The highest BCUT2D eigenvalue weighted by Crippen LogP contribution is 2.29. The predicted octanol–water partition coefficient (Wildman–Crippen LogP) is 3.10. The van der Waals surface area contributed by atoms with Crippen LogP contribution in [0.5, 0.6) is 0 Å². The van der Waals surface area contributed by atoms with E-state index in [1.807, 2.05) is 48.5 Å². The number of amides is 1. The van der Waals surface area contributed by atoms with Crippen LogP contribution in [-0.4, -0.2) is 37.5 Å². The van der Waals surface area contributed by atoms with Crippen molar-refractivity contribution in [2.45, 2.75) is 23.1 Å². The van der Waals surface area contributed by atoms with Gasteiger partial charge < -0.3 is 20.7 Å². The molecule has 7 nitrogen and oxygen atoms in total. The molecule has 0 fully saturated rings. The van der Waals surface area contributed by atoms with Crippen molar-refractivity contribution in [2.24, 2.45) is 4.99 Å². The van der Waals surface area contributed by atoms with Crippen LogP contribution in [0.3, 0.4) is 0 Å². The van der Waals surface area contributed by atoms with Gasteiger partial charge >= 0.3 is 5.97 Å². The average molecular weight is 398 g/mol. The number of nitrogens with one attached hydrogen (secondary N) is 3. The number of rotatable bonds is 7. The van der Waals surface area contributed by atoms with Crippen molar-refractivity contribution in [3.63, 3.8) is 0 Å². The number of esters is 1. The summed E-state index contributed by atoms with van der Waals surface area (Å²) in [5.74, 6) is -0.106. The predicted molar refractivity (Wildman–Crippen MR) is 111 cm³/mol. The molecule has 1 aliphatic heterocycles. The molecule has 0 bridgehead atoms. The van der Waals surface area contributed by atoms with Crippen LogP contribution in [0.4, 0.5) is 11.4 Å². The molecule has 3 rings (SSSR count). The van der Waals surface area contributed by atoms with Gasteiger partial charge in [0.15, 0.2) is 5.96 Å². The van der Waals surface area contributed by atoms with Gasteiger partial charge in [-0.05, 0) is 55.5 Å². The molecule has 0 spiro atoms. The molecular weight excluding hydrogens is 376 g/mol. The molecule has 8 heteroatoms. The van der Waals surface area contributed by atoms with Crippen molar-refractivity contribution in [1.29, 1.82) is 0 Å². The SMILES string of the molecule is CCOC(=O)CC(=O)Nc1ccc(Sc2ccc(NC3=NCCN3)cc2)cc1. The summed E-state index contributed by atoms with van der Waals surface area (Å²) in [6.07, 6.45) is -0.285. The minimum Gasteiger partial charge on any atom is -0.466 e. The van der Waals surface area contributed by atoms with Crippen LogP contribution in [0.15, 0.2) is 63.3 Å². The number of guanidine groups is 1. The Kier molecular flexibility index (Phi) is 6.91. The molecule has 0 aliphatic carbocycles. The standard InChI is InChI=1S/C20H22N4O3S/c1-2-27-19(26)13-18(25)23-14-3-7-16(8-4-14)28-17-9-5-15(6-10-17)24-20-21-11-12-22-20/h3-10H,2,11-13H2,1H3,(H,23,25)(H2,21,22,24). The third kappa shape index (κ3) is 6.02. The lowest BCUT2D eigenvalue weighted by Crippen LogP contribution is -2.26. The monoisotopic (exact) mass is 398 g/mol. The maximum Gasteiger partial charge on any atom is 0.315 e. The fourth-order valence-corrected chi connectivity index (χ4v) is 3.33. The summed E-state index contributed by atoms with van der Waals surface area (Å²) in [7, 11) is 0. The Balaban J connectivity index is 1.51. The van der Waals surface area contributed by atoms with Gasteiger partial charge in [-0.25, -0.2) is 0 Å². The maximum atomic E-state index is 11.8. The van der Waals surface area contributed by atoms with E-state index < -0.39 is 5.97 Å². The molecule has 1 amide bonds. The molecule has 0 unspecified atom stereocenters. The molecule has 2 aromatic carbocycles. The smallest absolute Gasteiger partial charge is 0.315 e. The average Bonchev–Trinajstić information content (AvgIpc) is 3.18. The highest BCUT2D eigenvalue weighted by Gasteiger charge is 2.10. The number of aliphatic imine (C=N–C) groups is 1. The lowest BCUT2D eigenvalue weighted by molar-refractivity contribution is -0.145. The summed E-state index contributed by atoms with van der Waals surface area (Å²) in [6, 6.07) is 15.6. The summed E-state index contributed by atoms with van der Waals surface area (Å²) in [5, 5.41) is 9.10. The zero-order chi connectivity index (χ0) is 19.8. The molecule has 0 radical (unpaired) electrons. The van der Waals surface area contributed by atoms with E-state index in [1.165, 1.54) is 0 Å². The van der Waals surface area contributed by atoms with Crippen LogP contribution < -0.4 is 16.0 Å². The van der Waals surface area contributed by atoms with E-state index in [0.717, 1.165) is 34.5 Å². The fraction of sp³-hybridized carbons (Fsp3) is 0.250. The van der Waals surface area contributed by atoms with Crippen LogP contribution in [0.2, 0.25) is 0 Å². The van der Waals surface area contributed by atoms with Crippen molar-refractivity contribution >= 4 is 41.0 Å². The second-order valence-corrected chi connectivity index (χ2v) is 7.11. The first-order valence-electron chi connectivity index (χ1n) is 9.01. The van der Waals surface area contributed by atoms with Crippen molar-refractivity contribution in [3.8, 4) is 0 Å². The molecule has 1 heterocycles. The highest BCUT2D eigenvalue weighted by molar-refractivity contribution is 7.99. The topological polar surface area (TPSA) is 91.8 Å². The van der Waals surface area contributed by atoms with E-state index in [4.69, 9.17) is 4.74 Å². The van der Waals surface area contributed by atoms with E-state index in [2.05, 4.69) is 20.9 Å². The number of benzene rings is 2. The van der Waals surface area contributed by atoms with Gasteiger partial charge in [0.2, 0.25) is 5.91 Å². The molecule has 3 N–H and O–H groups in total. The number of anilines is 2. The number of ether oxygens (including phenoxy) is 1. The first-order valence-corrected chi connectivity index (χ1v) is 9.83.